The van der Waals surface area contributed by atoms with Crippen LogP contribution in [-0.2, 0) is 4.79 Å². The number of piperidine rings is 1. The Bertz CT molecular complexity index is 1010. The summed E-state index contributed by atoms with van der Waals surface area (Å²) in [4.78, 5) is 34.4. The number of carbonyl (C=O) groups excluding carboxylic acids is 2. The second-order valence-electron chi connectivity index (χ2n) is 8.38. The Labute approximate surface area is 187 Å². The minimum Gasteiger partial charge on any atom is -0.497 e. The number of amides is 2. The van der Waals surface area contributed by atoms with Crippen LogP contribution in [-0.4, -0.2) is 70.7 Å². The first-order chi connectivity index (χ1) is 15.4. The summed E-state index contributed by atoms with van der Waals surface area (Å²) < 4.78 is 5.20. The van der Waals surface area contributed by atoms with E-state index in [1.165, 1.54) is 0 Å². The van der Waals surface area contributed by atoms with Crippen LogP contribution in [0.3, 0.4) is 0 Å². The van der Waals surface area contributed by atoms with Gasteiger partial charge in [0.25, 0.3) is 5.91 Å². The molecule has 9 nitrogen and oxygen atoms in total. The number of hydrogen-bond donors (Lipinski definition) is 2. The zero-order valence-corrected chi connectivity index (χ0v) is 18.6. The molecule has 9 heteroatoms. The van der Waals surface area contributed by atoms with Gasteiger partial charge in [0, 0.05) is 56.2 Å². The van der Waals surface area contributed by atoms with Crippen molar-refractivity contribution < 1.29 is 14.3 Å². The molecule has 2 aliphatic rings. The lowest BCUT2D eigenvalue weighted by Gasteiger charge is -2.31. The summed E-state index contributed by atoms with van der Waals surface area (Å²) in [6, 6.07) is 7.37. The number of rotatable bonds is 7. The van der Waals surface area contributed by atoms with Crippen LogP contribution in [0.15, 0.2) is 29.4 Å². The normalized spacial score (nSPS) is 16.9. The first-order valence-electron chi connectivity index (χ1n) is 11.1. The molecule has 0 saturated carbocycles. The van der Waals surface area contributed by atoms with E-state index < -0.39 is 5.91 Å². The molecule has 1 saturated heterocycles. The lowest BCUT2D eigenvalue weighted by atomic mass is 9.96. The van der Waals surface area contributed by atoms with Crippen LogP contribution in [0.4, 0.5) is 0 Å². The number of H-pyrrole nitrogens is 1. The van der Waals surface area contributed by atoms with Crippen LogP contribution < -0.4 is 10.5 Å². The smallest absolute Gasteiger partial charge is 0.267 e. The largest absolute Gasteiger partial charge is 0.497 e. The van der Waals surface area contributed by atoms with E-state index in [9.17, 15) is 9.59 Å². The molecule has 2 aromatic rings. The molecule has 4 rings (SSSR count). The number of aromatic amines is 1. The number of benzene rings is 1. The van der Waals surface area contributed by atoms with Crippen molar-refractivity contribution >= 4 is 17.5 Å². The molecule has 2 amide bonds. The molecule has 3 heterocycles. The number of carbonyl (C=O) groups is 2. The van der Waals surface area contributed by atoms with Crippen molar-refractivity contribution in [1.82, 2.24) is 19.9 Å². The number of aromatic nitrogens is 2. The van der Waals surface area contributed by atoms with Gasteiger partial charge in [0.1, 0.15) is 23.0 Å². The second kappa shape index (κ2) is 9.42. The molecule has 32 heavy (non-hydrogen) atoms. The van der Waals surface area contributed by atoms with Crippen LogP contribution in [0, 0.1) is 0 Å². The molecule has 1 aromatic heterocycles. The van der Waals surface area contributed by atoms with E-state index in [1.807, 2.05) is 41.1 Å². The maximum Gasteiger partial charge on any atom is 0.267 e. The monoisotopic (exact) mass is 438 g/mol. The van der Waals surface area contributed by atoms with Gasteiger partial charge in [0.15, 0.2) is 0 Å². The minimum atomic E-state index is -0.540. The Balaban J connectivity index is 1.38. The van der Waals surface area contributed by atoms with Crippen molar-refractivity contribution in [3.05, 3.63) is 35.8 Å². The van der Waals surface area contributed by atoms with E-state index in [-0.39, 0.29) is 11.8 Å². The van der Waals surface area contributed by atoms with Crippen LogP contribution in [0.2, 0.25) is 0 Å². The number of hydrazone groups is 1. The van der Waals surface area contributed by atoms with Crippen molar-refractivity contribution in [2.45, 2.75) is 38.5 Å². The summed E-state index contributed by atoms with van der Waals surface area (Å²) in [5, 5.41) is 6.42. The third-order valence-corrected chi connectivity index (χ3v) is 6.19. The molecular formula is C23H30N6O3. The molecule has 170 valence electrons. The molecule has 0 spiro atoms. The number of nitrogens with zero attached hydrogens (tertiary/aromatic N) is 4. The van der Waals surface area contributed by atoms with E-state index in [0.717, 1.165) is 48.7 Å². The third-order valence-electron chi connectivity index (χ3n) is 6.19. The number of nitrogens with two attached hydrogens (primary N) is 1. The van der Waals surface area contributed by atoms with E-state index in [1.54, 1.807) is 7.11 Å². The first kappa shape index (κ1) is 21.9. The Morgan fingerprint density at radius 2 is 1.91 bits per heavy atom. The van der Waals surface area contributed by atoms with E-state index >= 15 is 0 Å². The molecule has 1 aromatic carbocycles. The lowest BCUT2D eigenvalue weighted by Crippen LogP contribution is -2.39. The quantitative estimate of drug-likeness (QED) is 0.688. The van der Waals surface area contributed by atoms with Gasteiger partial charge in [-0.15, -0.1) is 0 Å². The number of hydrogen-bond acceptors (Lipinski definition) is 6. The van der Waals surface area contributed by atoms with Gasteiger partial charge in [-0.1, -0.05) is 0 Å². The van der Waals surface area contributed by atoms with Crippen LogP contribution in [0.25, 0.3) is 11.3 Å². The Kier molecular flexibility index (Phi) is 6.43. The number of imidazole rings is 1. The number of primary amides is 1. The van der Waals surface area contributed by atoms with E-state index in [4.69, 9.17) is 15.5 Å². The first-order valence-corrected chi connectivity index (χ1v) is 11.1. The molecule has 0 unspecified atom stereocenters. The summed E-state index contributed by atoms with van der Waals surface area (Å²) in [5.41, 5.74) is 8.39. The van der Waals surface area contributed by atoms with Crippen molar-refractivity contribution in [3.63, 3.8) is 0 Å². The predicted molar refractivity (Wildman–Crippen MR) is 122 cm³/mol. The third kappa shape index (κ3) is 4.76. The minimum absolute atomic E-state index is 0.148. The maximum atomic E-state index is 12.6. The zero-order chi connectivity index (χ0) is 22.7. The molecule has 0 aliphatic carbocycles. The fraction of sp³-hybridized carbons (Fsp3) is 0.478. The van der Waals surface area contributed by atoms with Gasteiger partial charge in [-0.2, -0.15) is 5.10 Å². The zero-order valence-electron chi connectivity index (χ0n) is 18.6. The topological polar surface area (TPSA) is 117 Å². The number of likely N-dealkylation sites (tertiary alicyclic amines) is 1. The number of nitrogens with one attached hydrogen (secondary N) is 1. The van der Waals surface area contributed by atoms with Crippen LogP contribution in [0.5, 0.6) is 5.75 Å². The summed E-state index contributed by atoms with van der Waals surface area (Å²) in [6.45, 7) is 4.94. The number of methoxy groups -OCH3 is 1. The van der Waals surface area contributed by atoms with Gasteiger partial charge < -0.3 is 20.4 Å². The average Bonchev–Trinajstić information content (AvgIpc) is 3.44. The summed E-state index contributed by atoms with van der Waals surface area (Å²) in [5.74, 6) is 1.25. The molecular weight excluding hydrogens is 408 g/mol. The van der Waals surface area contributed by atoms with E-state index in [0.29, 0.717) is 37.4 Å². The van der Waals surface area contributed by atoms with Crippen molar-refractivity contribution in [3.8, 4) is 17.0 Å². The lowest BCUT2D eigenvalue weighted by molar-refractivity contribution is -0.132. The molecule has 2 aliphatic heterocycles. The molecule has 0 atom stereocenters. The highest BCUT2D eigenvalue weighted by atomic mass is 16.5. The van der Waals surface area contributed by atoms with E-state index in [2.05, 4.69) is 10.1 Å². The van der Waals surface area contributed by atoms with Gasteiger partial charge in [-0.05, 0) is 44.0 Å². The van der Waals surface area contributed by atoms with Crippen LogP contribution in [0.1, 0.15) is 54.8 Å². The summed E-state index contributed by atoms with van der Waals surface area (Å²) in [6.07, 6.45) is 3.05. The van der Waals surface area contributed by atoms with Crippen molar-refractivity contribution in [2.24, 2.45) is 10.8 Å². The van der Waals surface area contributed by atoms with Gasteiger partial charge in [0.05, 0.1) is 7.11 Å². The molecule has 0 bridgehead atoms. The standard InChI is InChI=1S/C23H30N6O3/c1-15-7-13-29(27-15)14-10-19(30)28-11-8-17(9-12-28)23-25-20(21(26-23)22(24)31)16-3-5-18(32-2)6-4-16/h3-6,17H,7-14H2,1-2H3,(H2,24,31)(H,25,26). The Hall–Kier alpha value is -3.36. The Morgan fingerprint density at radius 1 is 1.19 bits per heavy atom. The van der Waals surface area contributed by atoms with Gasteiger partial charge >= 0.3 is 0 Å². The molecule has 0 radical (unpaired) electrons. The highest BCUT2D eigenvalue weighted by molar-refractivity contribution is 5.97. The van der Waals surface area contributed by atoms with Gasteiger partial charge in [-0.25, -0.2) is 4.98 Å². The van der Waals surface area contributed by atoms with Gasteiger partial charge in [0.2, 0.25) is 5.91 Å². The number of ether oxygens (including phenoxy) is 1. The fourth-order valence-corrected chi connectivity index (χ4v) is 4.30. The van der Waals surface area contributed by atoms with Crippen molar-refractivity contribution in [1.29, 1.82) is 0 Å². The maximum absolute atomic E-state index is 12.6. The molecule has 1 fully saturated rings. The molecule has 3 N–H and O–H groups in total. The van der Waals surface area contributed by atoms with Crippen molar-refractivity contribution in [2.75, 3.05) is 33.3 Å². The SMILES string of the molecule is COc1ccc(-c2nc(C3CCN(C(=O)CCN4CCC(C)=N4)CC3)[nH]c2C(N)=O)cc1. The highest BCUT2D eigenvalue weighted by Gasteiger charge is 2.28. The second-order valence-corrected chi connectivity index (χ2v) is 8.38. The fourth-order valence-electron chi connectivity index (χ4n) is 4.30. The average molecular weight is 439 g/mol. The summed E-state index contributed by atoms with van der Waals surface area (Å²) in [7, 11) is 1.61. The predicted octanol–water partition coefficient (Wildman–Crippen LogP) is 2.36. The van der Waals surface area contributed by atoms with Gasteiger partial charge in [-0.3, -0.25) is 14.6 Å². The summed E-state index contributed by atoms with van der Waals surface area (Å²) >= 11 is 0. The Morgan fingerprint density at radius 3 is 2.50 bits per heavy atom. The highest BCUT2D eigenvalue weighted by Crippen LogP contribution is 2.31. The van der Waals surface area contributed by atoms with Crippen LogP contribution >= 0.6 is 0 Å².